The Labute approximate surface area is 64.2 Å². The molecular weight excluding hydrogens is 126 g/mol. The summed E-state index contributed by atoms with van der Waals surface area (Å²) in [7, 11) is 5.97. The van der Waals surface area contributed by atoms with Gasteiger partial charge in [-0.25, -0.2) is 0 Å². The molecule has 0 aromatic heterocycles. The quantitative estimate of drug-likeness (QED) is 0.523. The molecule has 0 amide bonds. The fraction of sp³-hybridized carbons (Fsp3) is 1.00. The summed E-state index contributed by atoms with van der Waals surface area (Å²) >= 11 is 0. The van der Waals surface area contributed by atoms with E-state index in [0.717, 1.165) is 6.61 Å². The Morgan fingerprint density at radius 3 is 2.30 bits per heavy atom. The molecular formula is C8H19NO. The van der Waals surface area contributed by atoms with Crippen LogP contribution in [0.2, 0.25) is 0 Å². The van der Waals surface area contributed by atoms with Crippen molar-refractivity contribution in [2.75, 3.05) is 34.4 Å². The first-order valence-electron chi connectivity index (χ1n) is 3.91. The molecule has 0 N–H and O–H groups in total. The standard InChI is InChI=1S/C8H19NO/c1-9(2)7-5-4-6-8-10-3/h4-8H2,1-3H3. The number of rotatable bonds is 6. The van der Waals surface area contributed by atoms with Gasteiger partial charge < -0.3 is 9.64 Å². The minimum absolute atomic E-state index is 0.910. The van der Waals surface area contributed by atoms with E-state index in [2.05, 4.69) is 19.0 Å². The van der Waals surface area contributed by atoms with Gasteiger partial charge in [0.15, 0.2) is 0 Å². The number of ether oxygens (including phenoxy) is 1. The monoisotopic (exact) mass is 145 g/mol. The number of methoxy groups -OCH3 is 1. The van der Waals surface area contributed by atoms with Crippen LogP contribution in [0.1, 0.15) is 19.3 Å². The average molecular weight is 145 g/mol. The van der Waals surface area contributed by atoms with E-state index in [-0.39, 0.29) is 0 Å². The van der Waals surface area contributed by atoms with Crippen molar-refractivity contribution in [3.8, 4) is 0 Å². The molecule has 0 saturated carbocycles. The van der Waals surface area contributed by atoms with Gasteiger partial charge in [-0.05, 0) is 39.9 Å². The van der Waals surface area contributed by atoms with Crippen molar-refractivity contribution in [2.45, 2.75) is 19.3 Å². The highest BCUT2D eigenvalue weighted by Gasteiger charge is 1.89. The van der Waals surface area contributed by atoms with Gasteiger partial charge in [-0.15, -0.1) is 0 Å². The van der Waals surface area contributed by atoms with Crippen LogP contribution in [-0.2, 0) is 4.74 Å². The van der Waals surface area contributed by atoms with Crippen molar-refractivity contribution in [3.05, 3.63) is 0 Å². The van der Waals surface area contributed by atoms with Crippen molar-refractivity contribution < 1.29 is 4.74 Å². The van der Waals surface area contributed by atoms with Gasteiger partial charge in [0.05, 0.1) is 0 Å². The van der Waals surface area contributed by atoms with Gasteiger partial charge in [-0.1, -0.05) is 0 Å². The number of hydrogen-bond donors (Lipinski definition) is 0. The van der Waals surface area contributed by atoms with Crippen LogP contribution in [0.4, 0.5) is 0 Å². The zero-order valence-corrected chi connectivity index (χ0v) is 7.39. The first kappa shape index (κ1) is 9.92. The lowest BCUT2D eigenvalue weighted by atomic mass is 10.2. The Balaban J connectivity index is 2.77. The second kappa shape index (κ2) is 7.03. The second-order valence-electron chi connectivity index (χ2n) is 2.86. The summed E-state index contributed by atoms with van der Waals surface area (Å²) in [5.74, 6) is 0. The van der Waals surface area contributed by atoms with Crippen LogP contribution in [0.25, 0.3) is 0 Å². The largest absolute Gasteiger partial charge is 0.385 e. The molecule has 0 radical (unpaired) electrons. The first-order valence-corrected chi connectivity index (χ1v) is 3.91. The molecule has 0 rings (SSSR count). The van der Waals surface area contributed by atoms with Crippen molar-refractivity contribution in [2.24, 2.45) is 0 Å². The molecule has 0 heterocycles. The Morgan fingerprint density at radius 1 is 1.10 bits per heavy atom. The van der Waals surface area contributed by atoms with E-state index in [9.17, 15) is 0 Å². The Kier molecular flexibility index (Phi) is 6.98. The summed E-state index contributed by atoms with van der Waals surface area (Å²) in [5, 5.41) is 0. The van der Waals surface area contributed by atoms with Gasteiger partial charge >= 0.3 is 0 Å². The number of unbranched alkanes of at least 4 members (excludes halogenated alkanes) is 2. The van der Waals surface area contributed by atoms with E-state index in [1.807, 2.05) is 0 Å². The third-order valence-corrected chi connectivity index (χ3v) is 1.45. The fourth-order valence-corrected chi connectivity index (χ4v) is 0.851. The van der Waals surface area contributed by atoms with Crippen LogP contribution >= 0.6 is 0 Å². The third kappa shape index (κ3) is 7.92. The lowest BCUT2D eigenvalue weighted by Crippen LogP contribution is -2.12. The van der Waals surface area contributed by atoms with Crippen molar-refractivity contribution in [3.63, 3.8) is 0 Å². The minimum atomic E-state index is 0.910. The highest BCUT2D eigenvalue weighted by Crippen LogP contribution is 1.95. The lowest BCUT2D eigenvalue weighted by molar-refractivity contribution is 0.191. The zero-order valence-electron chi connectivity index (χ0n) is 7.39. The SMILES string of the molecule is COCCCCCN(C)C. The smallest absolute Gasteiger partial charge is 0.0462 e. The molecule has 0 spiro atoms. The summed E-state index contributed by atoms with van der Waals surface area (Å²) in [4.78, 5) is 2.22. The summed E-state index contributed by atoms with van der Waals surface area (Å²) in [6, 6.07) is 0. The number of hydrogen-bond acceptors (Lipinski definition) is 2. The maximum absolute atomic E-state index is 4.94. The van der Waals surface area contributed by atoms with Crippen molar-refractivity contribution in [1.82, 2.24) is 4.90 Å². The summed E-state index contributed by atoms with van der Waals surface area (Å²) in [6.07, 6.45) is 3.77. The molecule has 0 aromatic carbocycles. The van der Waals surface area contributed by atoms with Crippen LogP contribution in [0.15, 0.2) is 0 Å². The van der Waals surface area contributed by atoms with Gasteiger partial charge in [-0.2, -0.15) is 0 Å². The highest BCUT2D eigenvalue weighted by molar-refractivity contribution is 4.45. The Hall–Kier alpha value is -0.0800. The predicted octanol–water partition coefficient (Wildman–Crippen LogP) is 1.36. The van der Waals surface area contributed by atoms with E-state index in [1.165, 1.54) is 25.8 Å². The van der Waals surface area contributed by atoms with E-state index in [1.54, 1.807) is 7.11 Å². The molecule has 62 valence electrons. The van der Waals surface area contributed by atoms with Gasteiger partial charge in [0.1, 0.15) is 0 Å². The third-order valence-electron chi connectivity index (χ3n) is 1.45. The van der Waals surface area contributed by atoms with Crippen LogP contribution < -0.4 is 0 Å². The average Bonchev–Trinajstić information content (AvgIpc) is 1.87. The maximum Gasteiger partial charge on any atom is 0.0462 e. The minimum Gasteiger partial charge on any atom is -0.385 e. The van der Waals surface area contributed by atoms with Crippen LogP contribution in [0.5, 0.6) is 0 Å². The van der Waals surface area contributed by atoms with Gasteiger partial charge in [0.2, 0.25) is 0 Å². The molecule has 0 aliphatic rings. The van der Waals surface area contributed by atoms with E-state index < -0.39 is 0 Å². The normalized spacial score (nSPS) is 10.8. The summed E-state index contributed by atoms with van der Waals surface area (Å²) in [5.41, 5.74) is 0. The Bertz CT molecular complexity index is 64.3. The molecule has 0 fully saturated rings. The van der Waals surface area contributed by atoms with E-state index in [4.69, 9.17) is 4.74 Å². The molecule has 0 saturated heterocycles. The summed E-state index contributed by atoms with van der Waals surface area (Å²) in [6.45, 7) is 2.11. The van der Waals surface area contributed by atoms with Crippen molar-refractivity contribution >= 4 is 0 Å². The molecule has 0 aromatic rings. The van der Waals surface area contributed by atoms with Gasteiger partial charge in [0, 0.05) is 13.7 Å². The van der Waals surface area contributed by atoms with Crippen LogP contribution in [0.3, 0.4) is 0 Å². The molecule has 2 nitrogen and oxygen atoms in total. The second-order valence-corrected chi connectivity index (χ2v) is 2.86. The first-order chi connectivity index (χ1) is 4.77. The highest BCUT2D eigenvalue weighted by atomic mass is 16.5. The molecule has 0 atom stereocenters. The number of nitrogens with zero attached hydrogens (tertiary/aromatic N) is 1. The topological polar surface area (TPSA) is 12.5 Å². The predicted molar refractivity (Wildman–Crippen MR) is 44.3 cm³/mol. The van der Waals surface area contributed by atoms with Gasteiger partial charge in [-0.3, -0.25) is 0 Å². The Morgan fingerprint density at radius 2 is 1.80 bits per heavy atom. The molecule has 0 unspecified atom stereocenters. The molecule has 2 heteroatoms. The molecule has 0 bridgehead atoms. The van der Waals surface area contributed by atoms with Crippen LogP contribution in [-0.4, -0.2) is 39.3 Å². The molecule has 0 aliphatic carbocycles. The van der Waals surface area contributed by atoms with Gasteiger partial charge in [0.25, 0.3) is 0 Å². The zero-order chi connectivity index (χ0) is 7.82. The van der Waals surface area contributed by atoms with E-state index >= 15 is 0 Å². The molecule has 10 heavy (non-hydrogen) atoms. The van der Waals surface area contributed by atoms with E-state index in [0.29, 0.717) is 0 Å². The van der Waals surface area contributed by atoms with Crippen molar-refractivity contribution in [1.29, 1.82) is 0 Å². The molecule has 0 aliphatic heterocycles. The lowest BCUT2D eigenvalue weighted by Gasteiger charge is -2.07. The maximum atomic E-state index is 4.94. The fourth-order valence-electron chi connectivity index (χ4n) is 0.851. The van der Waals surface area contributed by atoms with Crippen LogP contribution in [0, 0.1) is 0 Å². The summed E-state index contributed by atoms with van der Waals surface area (Å²) < 4.78 is 4.94.